The maximum Gasteiger partial charge on any atom is 0.191 e. The monoisotopic (exact) mass is 335 g/mol. The van der Waals surface area contributed by atoms with E-state index in [1.807, 2.05) is 31.2 Å². The van der Waals surface area contributed by atoms with Gasteiger partial charge in [0.15, 0.2) is 5.96 Å². The number of methoxy groups -OCH3 is 1. The van der Waals surface area contributed by atoms with Crippen molar-refractivity contribution in [1.29, 1.82) is 0 Å². The number of rotatable bonds is 10. The van der Waals surface area contributed by atoms with Crippen molar-refractivity contribution in [1.82, 2.24) is 10.6 Å². The van der Waals surface area contributed by atoms with Crippen molar-refractivity contribution >= 4 is 5.96 Å². The van der Waals surface area contributed by atoms with Crippen molar-refractivity contribution in [2.45, 2.75) is 58.6 Å². The number of nitrogens with zero attached hydrogens (tertiary/aromatic N) is 1. The fourth-order valence-corrected chi connectivity index (χ4v) is 2.76. The lowest BCUT2D eigenvalue weighted by Gasteiger charge is -2.28. The third-order valence-corrected chi connectivity index (χ3v) is 3.91. The Balaban J connectivity index is 2.70. The largest absolute Gasteiger partial charge is 0.497 e. The minimum Gasteiger partial charge on any atom is -0.497 e. The molecule has 0 aliphatic heterocycles. The van der Waals surface area contributed by atoms with Gasteiger partial charge in [-0.15, -0.1) is 0 Å². The number of nitrogens with one attached hydrogen (secondary N) is 2. The summed E-state index contributed by atoms with van der Waals surface area (Å²) in [4.78, 5) is 4.61. The minimum absolute atomic E-state index is 0.513. The molecule has 0 atom stereocenters. The Labute approximate surface area is 146 Å². The predicted molar refractivity (Wildman–Crippen MR) is 101 cm³/mol. The molecule has 0 saturated carbocycles. The van der Waals surface area contributed by atoms with Gasteiger partial charge < -0.3 is 20.5 Å². The number of hydrogen-bond acceptors (Lipinski definition) is 3. The van der Waals surface area contributed by atoms with E-state index in [9.17, 15) is 5.11 Å². The normalized spacial score (nSPS) is 12.1. The highest BCUT2D eigenvalue weighted by Gasteiger charge is 2.24. The van der Waals surface area contributed by atoms with E-state index in [1.54, 1.807) is 7.11 Å². The Kier molecular flexibility index (Phi) is 9.23. The maximum atomic E-state index is 10.7. The first kappa shape index (κ1) is 20.3. The second-order valence-corrected chi connectivity index (χ2v) is 6.12. The van der Waals surface area contributed by atoms with Crippen molar-refractivity contribution in [3.8, 4) is 5.75 Å². The van der Waals surface area contributed by atoms with Gasteiger partial charge in [-0.05, 0) is 37.5 Å². The highest BCUT2D eigenvalue weighted by Crippen LogP contribution is 2.18. The van der Waals surface area contributed by atoms with Crippen LogP contribution in [0.2, 0.25) is 0 Å². The maximum absolute atomic E-state index is 10.7. The summed E-state index contributed by atoms with van der Waals surface area (Å²) < 4.78 is 5.24. The Morgan fingerprint density at radius 3 is 2.46 bits per heavy atom. The summed E-state index contributed by atoms with van der Waals surface area (Å²) in [5, 5.41) is 17.2. The molecule has 0 bridgehead atoms. The molecule has 1 aromatic rings. The van der Waals surface area contributed by atoms with E-state index in [0.29, 0.717) is 13.1 Å². The third-order valence-electron chi connectivity index (χ3n) is 3.91. The summed E-state index contributed by atoms with van der Waals surface area (Å²) in [7, 11) is 1.66. The van der Waals surface area contributed by atoms with Crippen molar-refractivity contribution < 1.29 is 9.84 Å². The van der Waals surface area contributed by atoms with Gasteiger partial charge >= 0.3 is 0 Å². The van der Waals surface area contributed by atoms with Gasteiger partial charge in [-0.3, -0.25) is 0 Å². The molecule has 1 rings (SSSR count). The summed E-state index contributed by atoms with van der Waals surface area (Å²) in [5.74, 6) is 1.56. The van der Waals surface area contributed by atoms with Crippen LogP contribution >= 0.6 is 0 Å². The molecular weight excluding hydrogens is 302 g/mol. The Morgan fingerprint density at radius 2 is 1.88 bits per heavy atom. The highest BCUT2D eigenvalue weighted by atomic mass is 16.5. The van der Waals surface area contributed by atoms with E-state index in [0.717, 1.165) is 49.5 Å². The van der Waals surface area contributed by atoms with Crippen LogP contribution in [0.4, 0.5) is 0 Å². The molecule has 0 saturated heterocycles. The van der Waals surface area contributed by atoms with Gasteiger partial charge in [0, 0.05) is 13.1 Å². The van der Waals surface area contributed by atoms with Crippen LogP contribution in [0.15, 0.2) is 29.3 Å². The number of hydrogen-bond donors (Lipinski definition) is 3. The van der Waals surface area contributed by atoms with E-state index >= 15 is 0 Å². The van der Waals surface area contributed by atoms with Crippen LogP contribution < -0.4 is 15.4 Å². The average Bonchev–Trinajstić information content (AvgIpc) is 2.58. The molecule has 5 nitrogen and oxygen atoms in total. The van der Waals surface area contributed by atoms with Crippen LogP contribution in [0.5, 0.6) is 5.75 Å². The lowest BCUT2D eigenvalue weighted by Crippen LogP contribution is -2.47. The van der Waals surface area contributed by atoms with Crippen LogP contribution in [0.3, 0.4) is 0 Å². The Hall–Kier alpha value is -1.75. The molecule has 0 aromatic heterocycles. The zero-order chi connectivity index (χ0) is 17.8. The number of guanidine groups is 1. The SMILES string of the molecule is CCCC(O)(CCC)CNC(=NCc1cccc(OC)c1)NCC. The van der Waals surface area contributed by atoms with E-state index in [2.05, 4.69) is 29.5 Å². The molecule has 0 fully saturated rings. The first-order valence-corrected chi connectivity index (χ1v) is 8.94. The van der Waals surface area contributed by atoms with Crippen LogP contribution in [0.25, 0.3) is 0 Å². The van der Waals surface area contributed by atoms with Crippen molar-refractivity contribution in [3.05, 3.63) is 29.8 Å². The van der Waals surface area contributed by atoms with Crippen LogP contribution in [0, 0.1) is 0 Å². The fourth-order valence-electron chi connectivity index (χ4n) is 2.76. The number of ether oxygens (including phenoxy) is 1. The highest BCUT2D eigenvalue weighted by molar-refractivity contribution is 5.79. The van der Waals surface area contributed by atoms with Gasteiger partial charge in [0.1, 0.15) is 5.75 Å². The molecule has 1 aromatic carbocycles. The van der Waals surface area contributed by atoms with Crippen LogP contribution in [0.1, 0.15) is 52.0 Å². The van der Waals surface area contributed by atoms with Gasteiger partial charge in [-0.2, -0.15) is 0 Å². The molecule has 136 valence electrons. The lowest BCUT2D eigenvalue weighted by molar-refractivity contribution is 0.0257. The number of aliphatic imine (C=N–C) groups is 1. The molecule has 0 unspecified atom stereocenters. The molecule has 0 heterocycles. The topological polar surface area (TPSA) is 65.9 Å². The molecule has 0 aliphatic rings. The molecule has 3 N–H and O–H groups in total. The summed E-state index contributed by atoms with van der Waals surface area (Å²) >= 11 is 0. The molecule has 0 radical (unpaired) electrons. The summed E-state index contributed by atoms with van der Waals surface area (Å²) in [6.07, 6.45) is 3.53. The second-order valence-electron chi connectivity index (χ2n) is 6.12. The summed E-state index contributed by atoms with van der Waals surface area (Å²) in [5.41, 5.74) is 0.416. The molecule has 5 heteroatoms. The fraction of sp³-hybridized carbons (Fsp3) is 0.632. The third kappa shape index (κ3) is 7.21. The van der Waals surface area contributed by atoms with Gasteiger partial charge in [0.25, 0.3) is 0 Å². The standard InChI is InChI=1S/C19H33N3O2/c1-5-11-19(23,12-6-2)15-22-18(20-7-3)21-14-16-9-8-10-17(13-16)24-4/h8-10,13,23H,5-7,11-12,14-15H2,1-4H3,(H2,20,21,22). The van der Waals surface area contributed by atoms with Crippen molar-refractivity contribution in [2.24, 2.45) is 4.99 Å². The molecular formula is C19H33N3O2. The second kappa shape index (κ2) is 10.9. The lowest BCUT2D eigenvalue weighted by atomic mass is 9.93. The van der Waals surface area contributed by atoms with E-state index < -0.39 is 5.60 Å². The van der Waals surface area contributed by atoms with Crippen molar-refractivity contribution in [2.75, 3.05) is 20.2 Å². The predicted octanol–water partition coefficient (Wildman–Crippen LogP) is 3.08. The van der Waals surface area contributed by atoms with E-state index in [1.165, 1.54) is 0 Å². The molecule has 0 aliphatic carbocycles. The number of benzene rings is 1. The Bertz CT molecular complexity index is 497. The van der Waals surface area contributed by atoms with Crippen LogP contribution in [-0.2, 0) is 6.54 Å². The zero-order valence-corrected chi connectivity index (χ0v) is 15.6. The van der Waals surface area contributed by atoms with Crippen LogP contribution in [-0.4, -0.2) is 36.9 Å². The Morgan fingerprint density at radius 1 is 1.17 bits per heavy atom. The van der Waals surface area contributed by atoms with Gasteiger partial charge in [-0.25, -0.2) is 4.99 Å². The van der Waals surface area contributed by atoms with Gasteiger partial charge in [-0.1, -0.05) is 38.8 Å². The first-order valence-electron chi connectivity index (χ1n) is 8.94. The molecule has 0 amide bonds. The molecule has 0 spiro atoms. The van der Waals surface area contributed by atoms with Gasteiger partial charge in [0.2, 0.25) is 0 Å². The average molecular weight is 335 g/mol. The molecule has 24 heavy (non-hydrogen) atoms. The quantitative estimate of drug-likeness (QED) is 0.454. The van der Waals surface area contributed by atoms with E-state index in [4.69, 9.17) is 4.74 Å². The summed E-state index contributed by atoms with van der Waals surface area (Å²) in [6.45, 7) is 8.09. The zero-order valence-electron chi connectivity index (χ0n) is 15.6. The van der Waals surface area contributed by atoms with E-state index in [-0.39, 0.29) is 0 Å². The first-order chi connectivity index (χ1) is 11.6. The smallest absolute Gasteiger partial charge is 0.191 e. The summed E-state index contributed by atoms with van der Waals surface area (Å²) in [6, 6.07) is 7.90. The number of aliphatic hydroxyl groups is 1. The van der Waals surface area contributed by atoms with Gasteiger partial charge in [0.05, 0.1) is 19.3 Å². The minimum atomic E-state index is -0.671. The van der Waals surface area contributed by atoms with Crippen molar-refractivity contribution in [3.63, 3.8) is 0 Å².